The van der Waals surface area contributed by atoms with Crippen molar-refractivity contribution >= 4 is 46.2 Å². The Morgan fingerprint density at radius 1 is 1.31 bits per heavy atom. The SMILES string of the molecule is S=c1[nH]c2c(Cl)cccc2n1-c1ccsc1. The van der Waals surface area contributed by atoms with E-state index in [1.165, 1.54) is 0 Å². The van der Waals surface area contributed by atoms with Crippen molar-refractivity contribution in [2.45, 2.75) is 0 Å². The van der Waals surface area contributed by atoms with E-state index >= 15 is 0 Å². The van der Waals surface area contributed by atoms with E-state index < -0.39 is 0 Å². The molecule has 1 N–H and O–H groups in total. The fraction of sp³-hybridized carbons (Fsp3) is 0. The van der Waals surface area contributed by atoms with Gasteiger partial charge in [-0.1, -0.05) is 17.7 Å². The number of H-pyrrole nitrogens is 1. The first kappa shape index (κ1) is 10.1. The molecular weight excluding hydrogens is 260 g/mol. The predicted octanol–water partition coefficient (Wildman–Crippen LogP) is 4.40. The van der Waals surface area contributed by atoms with Crippen LogP contribution < -0.4 is 0 Å². The molecule has 5 heteroatoms. The molecular formula is C11H7ClN2S2. The smallest absolute Gasteiger partial charge is 0.182 e. The summed E-state index contributed by atoms with van der Waals surface area (Å²) >= 11 is 13.1. The number of thiophene rings is 1. The molecule has 0 aliphatic rings. The number of halogens is 1. The Morgan fingerprint density at radius 3 is 2.94 bits per heavy atom. The van der Waals surface area contributed by atoms with E-state index in [0.29, 0.717) is 9.79 Å². The number of imidazole rings is 1. The lowest BCUT2D eigenvalue weighted by Gasteiger charge is -2.00. The quantitative estimate of drug-likeness (QED) is 0.648. The van der Waals surface area contributed by atoms with Gasteiger partial charge in [0, 0.05) is 5.38 Å². The van der Waals surface area contributed by atoms with Crippen LogP contribution in [0.25, 0.3) is 16.7 Å². The molecule has 3 aromatic rings. The number of benzene rings is 1. The number of nitrogens with zero attached hydrogens (tertiary/aromatic N) is 1. The van der Waals surface area contributed by atoms with Crippen LogP contribution in [-0.2, 0) is 0 Å². The molecule has 0 atom stereocenters. The summed E-state index contributed by atoms with van der Waals surface area (Å²) < 4.78 is 2.66. The van der Waals surface area contributed by atoms with Gasteiger partial charge in [0.2, 0.25) is 0 Å². The summed E-state index contributed by atoms with van der Waals surface area (Å²) in [5.41, 5.74) is 2.97. The number of aromatic nitrogens is 2. The topological polar surface area (TPSA) is 20.7 Å². The second kappa shape index (κ2) is 3.73. The monoisotopic (exact) mass is 266 g/mol. The summed E-state index contributed by atoms with van der Waals surface area (Å²) in [7, 11) is 0. The number of fused-ring (bicyclic) bond motifs is 1. The maximum Gasteiger partial charge on any atom is 0.182 e. The Kier molecular flexibility index (Phi) is 2.35. The first-order valence-electron chi connectivity index (χ1n) is 4.69. The first-order valence-corrected chi connectivity index (χ1v) is 6.42. The third kappa shape index (κ3) is 1.42. The highest BCUT2D eigenvalue weighted by molar-refractivity contribution is 7.71. The average molecular weight is 267 g/mol. The van der Waals surface area contributed by atoms with Crippen molar-refractivity contribution in [1.82, 2.24) is 9.55 Å². The third-order valence-corrected chi connectivity index (χ3v) is 3.70. The number of nitrogens with one attached hydrogen (secondary N) is 1. The molecule has 0 radical (unpaired) electrons. The van der Waals surface area contributed by atoms with Crippen molar-refractivity contribution in [2.24, 2.45) is 0 Å². The molecule has 1 aromatic carbocycles. The maximum atomic E-state index is 6.12. The number of aromatic amines is 1. The molecule has 0 saturated heterocycles. The van der Waals surface area contributed by atoms with E-state index in [0.717, 1.165) is 16.7 Å². The van der Waals surface area contributed by atoms with Crippen molar-refractivity contribution in [3.8, 4) is 5.69 Å². The van der Waals surface area contributed by atoms with Crippen molar-refractivity contribution in [3.05, 3.63) is 44.8 Å². The Bertz CT molecular complexity index is 694. The lowest BCUT2D eigenvalue weighted by atomic mass is 10.3. The van der Waals surface area contributed by atoms with Gasteiger partial charge in [0.15, 0.2) is 4.77 Å². The van der Waals surface area contributed by atoms with Gasteiger partial charge in [-0.15, -0.1) is 0 Å². The molecule has 0 amide bonds. The summed E-state index contributed by atoms with van der Waals surface area (Å²) in [6.07, 6.45) is 0. The van der Waals surface area contributed by atoms with Crippen LogP contribution in [0.3, 0.4) is 0 Å². The number of rotatable bonds is 1. The van der Waals surface area contributed by atoms with Crippen LogP contribution in [0, 0.1) is 4.77 Å². The van der Waals surface area contributed by atoms with E-state index in [4.69, 9.17) is 23.8 Å². The van der Waals surface area contributed by atoms with E-state index in [1.54, 1.807) is 11.3 Å². The number of hydrogen-bond donors (Lipinski definition) is 1. The second-order valence-electron chi connectivity index (χ2n) is 3.38. The fourth-order valence-corrected chi connectivity index (χ4v) is 2.88. The van der Waals surface area contributed by atoms with Gasteiger partial charge in [-0.3, -0.25) is 4.57 Å². The minimum Gasteiger partial charge on any atom is -0.329 e. The summed E-state index contributed by atoms with van der Waals surface area (Å²) in [5.74, 6) is 0. The Balaban J connectivity index is 2.46. The van der Waals surface area contributed by atoms with Gasteiger partial charge in [-0.25, -0.2) is 0 Å². The van der Waals surface area contributed by atoms with Crippen LogP contribution >= 0.6 is 35.2 Å². The summed E-state index contributed by atoms with van der Waals surface area (Å²) in [6, 6.07) is 7.82. The molecule has 80 valence electrons. The fourth-order valence-electron chi connectivity index (χ4n) is 1.74. The van der Waals surface area contributed by atoms with Crippen LogP contribution in [0.5, 0.6) is 0 Å². The van der Waals surface area contributed by atoms with Crippen LogP contribution in [0.2, 0.25) is 5.02 Å². The van der Waals surface area contributed by atoms with Crippen molar-refractivity contribution in [3.63, 3.8) is 0 Å². The summed E-state index contributed by atoms with van der Waals surface area (Å²) in [4.78, 5) is 3.13. The van der Waals surface area contributed by atoms with Crippen LogP contribution in [0.15, 0.2) is 35.0 Å². The highest BCUT2D eigenvalue weighted by Crippen LogP contribution is 2.26. The Hall–Kier alpha value is -1.10. The standard InChI is InChI=1S/C11H7ClN2S2/c12-8-2-1-3-9-10(8)13-11(15)14(9)7-4-5-16-6-7/h1-6H,(H,13,15). The molecule has 2 nitrogen and oxygen atoms in total. The maximum absolute atomic E-state index is 6.12. The first-order chi connectivity index (χ1) is 7.77. The lowest BCUT2D eigenvalue weighted by molar-refractivity contribution is 1.07. The molecule has 0 fully saturated rings. The summed E-state index contributed by atoms with van der Waals surface area (Å²) in [6.45, 7) is 0. The highest BCUT2D eigenvalue weighted by Gasteiger charge is 2.08. The van der Waals surface area contributed by atoms with E-state index in [2.05, 4.69) is 10.4 Å². The predicted molar refractivity (Wildman–Crippen MR) is 71.3 cm³/mol. The van der Waals surface area contributed by atoms with Crippen molar-refractivity contribution < 1.29 is 0 Å². The second-order valence-corrected chi connectivity index (χ2v) is 4.96. The molecule has 2 heterocycles. The van der Waals surface area contributed by atoms with Gasteiger partial charge < -0.3 is 4.98 Å². The Labute approximate surface area is 106 Å². The van der Waals surface area contributed by atoms with Gasteiger partial charge in [0.05, 0.1) is 21.7 Å². The van der Waals surface area contributed by atoms with E-state index in [-0.39, 0.29) is 0 Å². The summed E-state index contributed by atoms with van der Waals surface area (Å²) in [5, 5.41) is 4.78. The van der Waals surface area contributed by atoms with Crippen molar-refractivity contribution in [1.29, 1.82) is 0 Å². The molecule has 3 rings (SSSR count). The normalized spacial score (nSPS) is 11.1. The van der Waals surface area contributed by atoms with Crippen LogP contribution in [0.1, 0.15) is 0 Å². The zero-order chi connectivity index (χ0) is 11.1. The molecule has 0 bridgehead atoms. The van der Waals surface area contributed by atoms with Gasteiger partial charge in [0.1, 0.15) is 0 Å². The molecule has 2 aromatic heterocycles. The molecule has 0 aliphatic heterocycles. The van der Waals surface area contributed by atoms with E-state index in [9.17, 15) is 0 Å². The van der Waals surface area contributed by atoms with Crippen LogP contribution in [-0.4, -0.2) is 9.55 Å². The average Bonchev–Trinajstić information content (AvgIpc) is 2.85. The molecule has 0 spiro atoms. The lowest BCUT2D eigenvalue weighted by Crippen LogP contribution is -1.90. The molecule has 0 saturated carbocycles. The van der Waals surface area contributed by atoms with Gasteiger partial charge >= 0.3 is 0 Å². The molecule has 0 unspecified atom stereocenters. The minimum absolute atomic E-state index is 0.668. The number of para-hydroxylation sites is 1. The third-order valence-electron chi connectivity index (χ3n) is 2.43. The molecule has 16 heavy (non-hydrogen) atoms. The zero-order valence-electron chi connectivity index (χ0n) is 8.11. The number of hydrogen-bond acceptors (Lipinski definition) is 2. The van der Waals surface area contributed by atoms with E-state index in [1.807, 2.05) is 34.2 Å². The molecule has 0 aliphatic carbocycles. The van der Waals surface area contributed by atoms with Gasteiger partial charge in [-0.05, 0) is 35.8 Å². The Morgan fingerprint density at radius 2 is 2.19 bits per heavy atom. The largest absolute Gasteiger partial charge is 0.329 e. The van der Waals surface area contributed by atoms with Gasteiger partial charge in [0.25, 0.3) is 0 Å². The zero-order valence-corrected chi connectivity index (χ0v) is 10.5. The highest BCUT2D eigenvalue weighted by atomic mass is 35.5. The van der Waals surface area contributed by atoms with Crippen molar-refractivity contribution in [2.75, 3.05) is 0 Å². The van der Waals surface area contributed by atoms with Gasteiger partial charge in [-0.2, -0.15) is 11.3 Å². The van der Waals surface area contributed by atoms with Crippen LogP contribution in [0.4, 0.5) is 0 Å². The minimum atomic E-state index is 0.668.